The second kappa shape index (κ2) is 12.7. The van der Waals surface area contributed by atoms with Crippen molar-refractivity contribution < 1.29 is 33.6 Å². The number of hydrogen-bond acceptors (Lipinski definition) is 11. The molecule has 7 rings (SSSR count). The first-order valence-corrected chi connectivity index (χ1v) is 16.9. The van der Waals surface area contributed by atoms with Crippen LogP contribution in [-0.2, 0) is 36.1 Å². The molecule has 0 fully saturated rings. The Hall–Kier alpha value is -5.39. The van der Waals surface area contributed by atoms with E-state index in [1.807, 2.05) is 22.6 Å². The third-order valence-electron chi connectivity index (χ3n) is 9.74. The third kappa shape index (κ3) is 5.22. The van der Waals surface area contributed by atoms with Gasteiger partial charge in [0.1, 0.15) is 5.69 Å². The van der Waals surface area contributed by atoms with E-state index in [0.717, 1.165) is 4.57 Å². The Balaban J connectivity index is 1.31. The van der Waals surface area contributed by atoms with Crippen molar-refractivity contribution in [3.63, 3.8) is 0 Å². The van der Waals surface area contributed by atoms with Crippen molar-refractivity contribution in [2.75, 3.05) is 28.4 Å². The van der Waals surface area contributed by atoms with E-state index >= 15 is 0 Å². The lowest BCUT2D eigenvalue weighted by atomic mass is 9.69. The molecular weight excluding hydrogens is 777 g/mol. The van der Waals surface area contributed by atoms with Crippen LogP contribution in [0.2, 0.25) is 0 Å². The summed E-state index contributed by atoms with van der Waals surface area (Å²) in [6, 6.07) is 5.64. The minimum atomic E-state index is -0.823. The summed E-state index contributed by atoms with van der Waals surface area (Å²) in [6.07, 6.45) is 3.04. The van der Waals surface area contributed by atoms with Crippen LogP contribution in [0.4, 0.5) is 0 Å². The van der Waals surface area contributed by atoms with Crippen LogP contribution >= 0.6 is 22.6 Å². The number of allylic oxidation sites excluding steroid dienone is 6. The number of ether oxygens (including phenoxy) is 4. The number of phenolic OH excluding ortho intramolecular Hbond substituents is 1. The topological polar surface area (TPSA) is 175 Å². The first-order valence-electron chi connectivity index (χ1n) is 15.8. The average molecular weight is 810 g/mol. The van der Waals surface area contributed by atoms with Crippen molar-refractivity contribution in [2.45, 2.75) is 37.9 Å². The molecule has 0 spiro atoms. The quantitative estimate of drug-likeness (QED) is 0.157. The van der Waals surface area contributed by atoms with E-state index < -0.39 is 28.9 Å². The van der Waals surface area contributed by atoms with Crippen LogP contribution in [0.25, 0.3) is 11.0 Å². The Morgan fingerprint density at radius 3 is 2.20 bits per heavy atom. The number of carbonyl (C=O) groups excluding carboxylic acids is 2. The van der Waals surface area contributed by atoms with Crippen LogP contribution < -0.4 is 35.9 Å². The number of aryl methyl sites for hydroxylation is 2. The van der Waals surface area contributed by atoms with E-state index in [1.165, 1.54) is 48.4 Å². The molecular formula is C35H32IN5O10. The smallest absolute Gasteiger partial charge is 0.347 e. The number of carbonyl (C=O) groups is 2. The highest BCUT2D eigenvalue weighted by Crippen LogP contribution is 2.52. The number of Topliss-reactive ketones (excluding diaryl/α,β-unsaturated/α-hetero) is 1. The third-order valence-corrected chi connectivity index (χ3v) is 10.5. The lowest BCUT2D eigenvalue weighted by Gasteiger charge is -2.39. The standard InChI is InChI=1S/C35H32IN5O10/c1-38-23-15-26(49-3)25(48-2)14-21(23)37-20(33(38)45)7-8-39-34(46)40-9-6-17-22(41(40)35(39)47)12-18-24(42)13-19(36)31(43)30(18)29(17)16-10-27(50-4)32(44)28(11-16)51-5/h6,10-11,13-15,22,29,44H,7-9,12H2,1-5H3. The van der Waals surface area contributed by atoms with E-state index in [4.69, 9.17) is 18.9 Å². The van der Waals surface area contributed by atoms with Crippen LogP contribution in [0.5, 0.6) is 28.7 Å². The fraction of sp³-hybridized carbons (Fsp3) is 0.314. The number of aromatic nitrogens is 5. The first kappa shape index (κ1) is 34.1. The van der Waals surface area contributed by atoms with Gasteiger partial charge >= 0.3 is 11.4 Å². The Morgan fingerprint density at radius 1 is 0.902 bits per heavy atom. The molecule has 2 atom stereocenters. The fourth-order valence-corrected chi connectivity index (χ4v) is 7.83. The van der Waals surface area contributed by atoms with E-state index in [9.17, 15) is 29.1 Å². The molecule has 51 heavy (non-hydrogen) atoms. The molecule has 16 heteroatoms. The number of methoxy groups -OCH3 is 4. The SMILES string of the molecule is COc1cc2nc(CCn3c(=O)n4n(c3=O)C3CC5=C(C(=O)C(I)=CC5=O)C(c5cc(OC)c(O)c(OC)c5)C3=CC4)c(=O)n(C)c2cc1OC. The molecule has 264 valence electrons. The molecule has 2 aromatic carbocycles. The van der Waals surface area contributed by atoms with Crippen molar-refractivity contribution in [1.82, 2.24) is 23.5 Å². The van der Waals surface area contributed by atoms with Gasteiger partial charge < -0.3 is 28.6 Å². The van der Waals surface area contributed by atoms with Crippen molar-refractivity contribution in [3.8, 4) is 28.7 Å². The van der Waals surface area contributed by atoms with Gasteiger partial charge in [-0.05, 0) is 45.9 Å². The van der Waals surface area contributed by atoms with E-state index in [0.29, 0.717) is 33.7 Å². The van der Waals surface area contributed by atoms with Gasteiger partial charge in [0.25, 0.3) is 5.56 Å². The molecule has 2 aromatic heterocycles. The predicted octanol–water partition coefficient (Wildman–Crippen LogP) is 2.48. The molecule has 15 nitrogen and oxygen atoms in total. The summed E-state index contributed by atoms with van der Waals surface area (Å²) in [6.45, 7) is -0.138. The van der Waals surface area contributed by atoms with Gasteiger partial charge in [-0.2, -0.15) is 0 Å². The highest BCUT2D eigenvalue weighted by Gasteiger charge is 2.45. The molecule has 4 aromatic rings. The largest absolute Gasteiger partial charge is 0.502 e. The minimum Gasteiger partial charge on any atom is -0.502 e. The van der Waals surface area contributed by atoms with Crippen LogP contribution in [0.1, 0.15) is 29.6 Å². The normalized spacial score (nSPS) is 18.2. The van der Waals surface area contributed by atoms with Gasteiger partial charge in [0.15, 0.2) is 34.6 Å². The number of hydrogen-bond donors (Lipinski definition) is 1. The maximum atomic E-state index is 14.2. The summed E-state index contributed by atoms with van der Waals surface area (Å²) >= 11 is 1.84. The highest BCUT2D eigenvalue weighted by atomic mass is 127. The van der Waals surface area contributed by atoms with Crippen molar-refractivity contribution >= 4 is 45.2 Å². The van der Waals surface area contributed by atoms with Crippen LogP contribution in [0, 0.1) is 0 Å². The number of phenols is 1. The molecule has 1 aliphatic heterocycles. The predicted molar refractivity (Wildman–Crippen MR) is 192 cm³/mol. The minimum absolute atomic E-state index is 0.00353. The Labute approximate surface area is 302 Å². The zero-order chi connectivity index (χ0) is 36.5. The maximum absolute atomic E-state index is 14.2. The number of nitrogens with zero attached hydrogens (tertiary/aromatic N) is 5. The Bertz CT molecular complexity index is 2460. The van der Waals surface area contributed by atoms with Gasteiger partial charge in [0.2, 0.25) is 5.75 Å². The number of halogens is 1. The van der Waals surface area contributed by atoms with Crippen molar-refractivity contribution in [2.24, 2.45) is 7.05 Å². The second-order valence-electron chi connectivity index (χ2n) is 12.2. The van der Waals surface area contributed by atoms with Crippen LogP contribution in [0.15, 0.2) is 71.1 Å². The van der Waals surface area contributed by atoms with Crippen LogP contribution in [-0.4, -0.2) is 68.6 Å². The van der Waals surface area contributed by atoms with Crippen LogP contribution in [0.3, 0.4) is 0 Å². The van der Waals surface area contributed by atoms with E-state index in [2.05, 4.69) is 4.98 Å². The fourth-order valence-electron chi connectivity index (χ4n) is 7.26. The van der Waals surface area contributed by atoms with Gasteiger partial charge in [-0.15, -0.1) is 0 Å². The molecule has 2 aliphatic carbocycles. The maximum Gasteiger partial charge on any atom is 0.347 e. The van der Waals surface area contributed by atoms with Gasteiger partial charge in [-0.3, -0.25) is 14.4 Å². The number of benzene rings is 2. The van der Waals surface area contributed by atoms with Gasteiger partial charge in [-0.1, -0.05) is 6.08 Å². The lowest BCUT2D eigenvalue weighted by molar-refractivity contribution is -0.115. The summed E-state index contributed by atoms with van der Waals surface area (Å²) in [5, 5.41) is 10.6. The van der Waals surface area contributed by atoms with Gasteiger partial charge in [0.05, 0.1) is 55.6 Å². The monoisotopic (exact) mass is 809 g/mol. The highest BCUT2D eigenvalue weighted by molar-refractivity contribution is 14.1. The number of ketones is 2. The van der Waals surface area contributed by atoms with Crippen molar-refractivity contribution in [1.29, 1.82) is 0 Å². The second-order valence-corrected chi connectivity index (χ2v) is 13.4. The molecule has 0 radical (unpaired) electrons. The Morgan fingerprint density at radius 2 is 1.55 bits per heavy atom. The summed E-state index contributed by atoms with van der Waals surface area (Å²) in [5.74, 6) is -0.701. The molecule has 0 saturated heterocycles. The first-order chi connectivity index (χ1) is 24.4. The summed E-state index contributed by atoms with van der Waals surface area (Å²) in [7, 11) is 7.34. The molecule has 0 saturated carbocycles. The molecule has 1 N–H and O–H groups in total. The zero-order valence-corrected chi connectivity index (χ0v) is 30.3. The van der Waals surface area contributed by atoms with E-state index in [-0.39, 0.29) is 75.2 Å². The summed E-state index contributed by atoms with van der Waals surface area (Å²) in [5.41, 5.74) is 1.12. The number of aromatic hydroxyl groups is 1. The zero-order valence-electron chi connectivity index (χ0n) is 28.2. The van der Waals surface area contributed by atoms with Crippen molar-refractivity contribution in [3.05, 3.63) is 99.3 Å². The summed E-state index contributed by atoms with van der Waals surface area (Å²) < 4.78 is 26.9. The molecule has 0 bridgehead atoms. The van der Waals surface area contributed by atoms with Gasteiger partial charge in [0, 0.05) is 61.7 Å². The van der Waals surface area contributed by atoms with E-state index in [1.54, 1.807) is 37.4 Å². The molecule has 0 amide bonds. The van der Waals surface area contributed by atoms with Gasteiger partial charge in [-0.25, -0.2) is 28.5 Å². The lowest BCUT2D eigenvalue weighted by Crippen LogP contribution is -2.40. The average Bonchev–Trinajstić information content (AvgIpc) is 3.38. The molecule has 3 aliphatic rings. The summed E-state index contributed by atoms with van der Waals surface area (Å²) in [4.78, 5) is 73.1. The Kier molecular flexibility index (Phi) is 8.51. The number of rotatable bonds is 8. The molecule has 2 unspecified atom stereocenters. The number of fused-ring (bicyclic) bond motifs is 4. The molecule has 3 heterocycles.